The molecule has 5 nitrogen and oxygen atoms in total. The number of ether oxygens (including phenoxy) is 1. The second kappa shape index (κ2) is 6.32. The van der Waals surface area contributed by atoms with Gasteiger partial charge in [-0.05, 0) is 22.9 Å². The smallest absolute Gasteiger partial charge is 0.240 e. The monoisotopic (exact) mass is 295 g/mol. The maximum Gasteiger partial charge on any atom is 0.240 e. The van der Waals surface area contributed by atoms with Crippen LogP contribution in [0, 0.1) is 0 Å². The van der Waals surface area contributed by atoms with Crippen LogP contribution in [0.15, 0.2) is 47.4 Å². The van der Waals surface area contributed by atoms with Crippen LogP contribution in [0.25, 0.3) is 10.8 Å². The number of sulfonamides is 1. The number of hydrogen-bond donors (Lipinski definition) is 2. The molecule has 0 aliphatic carbocycles. The zero-order chi connectivity index (χ0) is 14.6. The molecule has 2 aromatic rings. The van der Waals surface area contributed by atoms with E-state index in [2.05, 4.69) is 4.72 Å². The summed E-state index contributed by atoms with van der Waals surface area (Å²) in [5.74, 6) is 0. The standard InChI is InChI=1S/C14H17NO4S/c1-19-10-13(9-16)15-20(17,18)14-7-6-11-4-2-3-5-12(11)8-14/h2-8,13,15-16H,9-10H2,1H3. The van der Waals surface area contributed by atoms with Gasteiger partial charge in [-0.3, -0.25) is 0 Å². The normalized spacial score (nSPS) is 13.5. The first kappa shape index (κ1) is 14.9. The van der Waals surface area contributed by atoms with Crippen molar-refractivity contribution in [1.29, 1.82) is 0 Å². The summed E-state index contributed by atoms with van der Waals surface area (Å²) >= 11 is 0. The average molecular weight is 295 g/mol. The SMILES string of the molecule is COCC(CO)NS(=O)(=O)c1ccc2ccccc2c1. The van der Waals surface area contributed by atoms with Gasteiger partial charge in [0.2, 0.25) is 10.0 Å². The zero-order valence-electron chi connectivity index (χ0n) is 11.1. The van der Waals surface area contributed by atoms with E-state index >= 15 is 0 Å². The molecule has 0 aromatic heterocycles. The molecule has 0 amide bonds. The molecule has 2 rings (SSSR count). The predicted octanol–water partition coefficient (Wildman–Crippen LogP) is 1.13. The highest BCUT2D eigenvalue weighted by atomic mass is 32.2. The minimum Gasteiger partial charge on any atom is -0.395 e. The van der Waals surface area contributed by atoms with Gasteiger partial charge < -0.3 is 9.84 Å². The Balaban J connectivity index is 2.31. The largest absolute Gasteiger partial charge is 0.395 e. The van der Waals surface area contributed by atoms with Crippen molar-refractivity contribution in [2.24, 2.45) is 0 Å². The quantitative estimate of drug-likeness (QED) is 0.837. The van der Waals surface area contributed by atoms with E-state index in [-0.39, 0.29) is 18.1 Å². The summed E-state index contributed by atoms with van der Waals surface area (Å²) in [4.78, 5) is 0.172. The summed E-state index contributed by atoms with van der Waals surface area (Å²) in [6.07, 6.45) is 0. The molecule has 2 N–H and O–H groups in total. The molecule has 0 aliphatic heterocycles. The number of hydrogen-bond acceptors (Lipinski definition) is 4. The van der Waals surface area contributed by atoms with Gasteiger partial charge in [-0.15, -0.1) is 0 Å². The van der Waals surface area contributed by atoms with Gasteiger partial charge in [0.05, 0.1) is 24.2 Å². The van der Waals surface area contributed by atoms with Crippen molar-refractivity contribution in [3.8, 4) is 0 Å². The minimum atomic E-state index is -3.68. The first-order chi connectivity index (χ1) is 9.56. The topological polar surface area (TPSA) is 75.6 Å². The van der Waals surface area contributed by atoms with Crippen molar-refractivity contribution in [1.82, 2.24) is 4.72 Å². The van der Waals surface area contributed by atoms with Crippen LogP contribution in [0.2, 0.25) is 0 Å². The van der Waals surface area contributed by atoms with Gasteiger partial charge in [0, 0.05) is 7.11 Å². The lowest BCUT2D eigenvalue weighted by molar-refractivity contribution is 0.139. The average Bonchev–Trinajstić information content (AvgIpc) is 2.46. The molecule has 0 saturated carbocycles. The zero-order valence-corrected chi connectivity index (χ0v) is 11.9. The minimum absolute atomic E-state index is 0.114. The van der Waals surface area contributed by atoms with Gasteiger partial charge in [0.15, 0.2) is 0 Å². The van der Waals surface area contributed by atoms with Crippen molar-refractivity contribution in [3.63, 3.8) is 0 Å². The van der Waals surface area contributed by atoms with E-state index in [1.54, 1.807) is 18.2 Å². The lowest BCUT2D eigenvalue weighted by Gasteiger charge is -2.15. The Morgan fingerprint density at radius 3 is 2.55 bits per heavy atom. The summed E-state index contributed by atoms with van der Waals surface area (Å²) in [5, 5.41) is 11.0. The molecule has 2 aromatic carbocycles. The third-order valence-electron chi connectivity index (χ3n) is 2.94. The first-order valence-corrected chi connectivity index (χ1v) is 7.66. The van der Waals surface area contributed by atoms with Gasteiger partial charge in [-0.25, -0.2) is 13.1 Å². The maximum absolute atomic E-state index is 12.2. The van der Waals surface area contributed by atoms with E-state index in [1.165, 1.54) is 7.11 Å². The van der Waals surface area contributed by atoms with Crippen LogP contribution >= 0.6 is 0 Å². The van der Waals surface area contributed by atoms with Crippen LogP contribution in [-0.4, -0.2) is 39.9 Å². The van der Waals surface area contributed by atoms with E-state index in [9.17, 15) is 8.42 Å². The molecule has 0 aliphatic rings. The van der Waals surface area contributed by atoms with Crippen LogP contribution in [-0.2, 0) is 14.8 Å². The van der Waals surface area contributed by atoms with Crippen molar-refractivity contribution >= 4 is 20.8 Å². The molecule has 20 heavy (non-hydrogen) atoms. The second-order valence-corrected chi connectivity index (χ2v) is 6.18. The van der Waals surface area contributed by atoms with Crippen LogP contribution < -0.4 is 4.72 Å². The Bertz CT molecular complexity index is 684. The molecule has 1 atom stereocenters. The fourth-order valence-electron chi connectivity index (χ4n) is 1.95. The predicted molar refractivity (Wildman–Crippen MR) is 77.0 cm³/mol. The van der Waals surface area contributed by atoms with Gasteiger partial charge in [0.25, 0.3) is 0 Å². The summed E-state index contributed by atoms with van der Waals surface area (Å²) in [5.41, 5.74) is 0. The van der Waals surface area contributed by atoms with E-state index in [4.69, 9.17) is 9.84 Å². The Hall–Kier alpha value is -1.47. The molecule has 0 saturated heterocycles. The fraction of sp³-hybridized carbons (Fsp3) is 0.286. The fourth-order valence-corrected chi connectivity index (χ4v) is 3.19. The van der Waals surface area contributed by atoms with Crippen LogP contribution in [0.4, 0.5) is 0 Å². The highest BCUT2D eigenvalue weighted by Crippen LogP contribution is 2.19. The lowest BCUT2D eigenvalue weighted by Crippen LogP contribution is -2.40. The summed E-state index contributed by atoms with van der Waals surface area (Å²) in [7, 11) is -2.22. The van der Waals surface area contributed by atoms with Crippen molar-refractivity contribution in [3.05, 3.63) is 42.5 Å². The van der Waals surface area contributed by atoms with Crippen molar-refractivity contribution in [2.75, 3.05) is 20.3 Å². The number of fused-ring (bicyclic) bond motifs is 1. The molecular formula is C14H17NO4S. The second-order valence-electron chi connectivity index (χ2n) is 4.47. The molecule has 0 heterocycles. The molecule has 1 unspecified atom stereocenters. The third kappa shape index (κ3) is 3.34. The summed E-state index contributed by atoms with van der Waals surface area (Å²) in [6, 6.07) is 11.8. The number of aliphatic hydroxyl groups is 1. The van der Waals surface area contributed by atoms with Gasteiger partial charge in [0.1, 0.15) is 0 Å². The molecule has 0 fully saturated rings. The first-order valence-electron chi connectivity index (χ1n) is 6.18. The van der Waals surface area contributed by atoms with Crippen LogP contribution in [0.5, 0.6) is 0 Å². The highest BCUT2D eigenvalue weighted by molar-refractivity contribution is 7.89. The molecule has 6 heteroatoms. The van der Waals surface area contributed by atoms with Crippen molar-refractivity contribution < 1.29 is 18.3 Å². The molecule has 0 bridgehead atoms. The Kier molecular flexibility index (Phi) is 4.72. The van der Waals surface area contributed by atoms with Gasteiger partial charge >= 0.3 is 0 Å². The summed E-state index contributed by atoms with van der Waals surface area (Å²) < 4.78 is 31.8. The Labute approximate surface area is 118 Å². The number of benzene rings is 2. The summed E-state index contributed by atoms with van der Waals surface area (Å²) in [6.45, 7) is -0.204. The van der Waals surface area contributed by atoms with Crippen molar-refractivity contribution in [2.45, 2.75) is 10.9 Å². The van der Waals surface area contributed by atoms with E-state index in [0.29, 0.717) is 0 Å². The van der Waals surface area contributed by atoms with E-state index in [0.717, 1.165) is 10.8 Å². The number of aliphatic hydroxyl groups excluding tert-OH is 1. The van der Waals surface area contributed by atoms with Gasteiger partial charge in [-0.1, -0.05) is 30.3 Å². The number of methoxy groups -OCH3 is 1. The Morgan fingerprint density at radius 2 is 1.90 bits per heavy atom. The molecule has 108 valence electrons. The number of rotatable bonds is 6. The van der Waals surface area contributed by atoms with E-state index in [1.807, 2.05) is 24.3 Å². The maximum atomic E-state index is 12.2. The molecule has 0 radical (unpaired) electrons. The molecule has 0 spiro atoms. The number of nitrogens with one attached hydrogen (secondary N) is 1. The lowest BCUT2D eigenvalue weighted by atomic mass is 10.1. The molecular weight excluding hydrogens is 278 g/mol. The van der Waals surface area contributed by atoms with Gasteiger partial charge in [-0.2, -0.15) is 0 Å². The Morgan fingerprint density at radius 1 is 1.20 bits per heavy atom. The highest BCUT2D eigenvalue weighted by Gasteiger charge is 2.19. The van der Waals surface area contributed by atoms with Crippen LogP contribution in [0.1, 0.15) is 0 Å². The van der Waals surface area contributed by atoms with Crippen LogP contribution in [0.3, 0.4) is 0 Å². The third-order valence-corrected chi connectivity index (χ3v) is 4.46. The van der Waals surface area contributed by atoms with E-state index < -0.39 is 16.1 Å².